The first kappa shape index (κ1) is 18.9. The summed E-state index contributed by atoms with van der Waals surface area (Å²) in [5, 5.41) is 12.1. The van der Waals surface area contributed by atoms with Crippen LogP contribution in [0.15, 0.2) is 58.9 Å². The van der Waals surface area contributed by atoms with E-state index >= 15 is 0 Å². The van der Waals surface area contributed by atoms with Gasteiger partial charge in [0.25, 0.3) is 11.8 Å². The van der Waals surface area contributed by atoms with Gasteiger partial charge in [-0.3, -0.25) is 19.4 Å². The zero-order valence-corrected chi connectivity index (χ0v) is 16.0. The molecule has 2 aliphatic heterocycles. The fourth-order valence-electron chi connectivity index (χ4n) is 3.27. The molecule has 0 bridgehead atoms. The van der Waals surface area contributed by atoms with Gasteiger partial charge in [0, 0.05) is 16.8 Å². The Morgan fingerprint density at radius 3 is 2.72 bits per heavy atom. The standard InChI is InChI=1S/C19H16ClN5O4/c1-29-14-7-3-5-12(9-14)21-15(26)10-24-17-16(22-23-24)18(27)25(19(17)28)13-6-2-4-11(20)8-13/h2-9,16-17H,10H2,1H3,(H,21,26)/t16-,17-/m1/s1. The summed E-state index contributed by atoms with van der Waals surface area (Å²) in [6, 6.07) is 11.3. The van der Waals surface area contributed by atoms with Crippen LogP contribution < -0.4 is 15.0 Å². The number of nitrogens with one attached hydrogen (secondary N) is 1. The highest BCUT2D eigenvalue weighted by atomic mass is 35.5. The number of anilines is 2. The molecule has 1 saturated heterocycles. The third-order valence-electron chi connectivity index (χ3n) is 4.58. The van der Waals surface area contributed by atoms with Gasteiger partial charge in [0.1, 0.15) is 12.3 Å². The average molecular weight is 414 g/mol. The molecular formula is C19H16ClN5O4. The molecular weight excluding hydrogens is 398 g/mol. The van der Waals surface area contributed by atoms with Crippen LogP contribution >= 0.6 is 11.6 Å². The van der Waals surface area contributed by atoms with Crippen LogP contribution in [0.1, 0.15) is 0 Å². The Morgan fingerprint density at radius 2 is 1.97 bits per heavy atom. The van der Waals surface area contributed by atoms with E-state index in [1.807, 2.05) is 0 Å². The summed E-state index contributed by atoms with van der Waals surface area (Å²) >= 11 is 5.97. The first-order chi connectivity index (χ1) is 14.0. The van der Waals surface area contributed by atoms with Crippen molar-refractivity contribution in [1.82, 2.24) is 5.01 Å². The Bertz CT molecular complexity index is 1030. The number of ether oxygens (including phenoxy) is 1. The minimum absolute atomic E-state index is 0.232. The summed E-state index contributed by atoms with van der Waals surface area (Å²) < 4.78 is 5.12. The van der Waals surface area contributed by atoms with Gasteiger partial charge in [-0.05, 0) is 30.3 Å². The molecule has 2 atom stereocenters. The number of methoxy groups -OCH3 is 1. The minimum atomic E-state index is -0.980. The van der Waals surface area contributed by atoms with Crippen molar-refractivity contribution in [3.63, 3.8) is 0 Å². The number of amides is 3. The van der Waals surface area contributed by atoms with Crippen LogP contribution in [0.3, 0.4) is 0 Å². The van der Waals surface area contributed by atoms with E-state index < -0.39 is 29.8 Å². The van der Waals surface area contributed by atoms with Gasteiger partial charge in [-0.1, -0.05) is 29.0 Å². The number of fused-ring (bicyclic) bond motifs is 1. The van der Waals surface area contributed by atoms with Crippen LogP contribution in [-0.4, -0.2) is 48.5 Å². The second-order valence-electron chi connectivity index (χ2n) is 6.46. The summed E-state index contributed by atoms with van der Waals surface area (Å²) in [6.45, 7) is -0.232. The maximum Gasteiger partial charge on any atom is 0.263 e. The second-order valence-corrected chi connectivity index (χ2v) is 6.90. The molecule has 4 rings (SSSR count). The lowest BCUT2D eigenvalue weighted by atomic mass is 10.1. The molecule has 29 heavy (non-hydrogen) atoms. The monoisotopic (exact) mass is 413 g/mol. The van der Waals surface area contributed by atoms with E-state index in [1.165, 1.54) is 18.2 Å². The van der Waals surface area contributed by atoms with Gasteiger partial charge < -0.3 is 10.1 Å². The van der Waals surface area contributed by atoms with Crippen molar-refractivity contribution in [1.29, 1.82) is 0 Å². The molecule has 0 saturated carbocycles. The summed E-state index contributed by atoms with van der Waals surface area (Å²) in [6.07, 6.45) is 0. The quantitative estimate of drug-likeness (QED) is 0.757. The summed E-state index contributed by atoms with van der Waals surface area (Å²) in [5.74, 6) is -0.806. The van der Waals surface area contributed by atoms with Crippen LogP contribution in [0.2, 0.25) is 5.02 Å². The maximum atomic E-state index is 12.9. The molecule has 2 heterocycles. The fraction of sp³-hybridized carbons (Fsp3) is 0.211. The molecule has 2 aliphatic rings. The Labute approximate surface area is 170 Å². The van der Waals surface area contributed by atoms with E-state index in [-0.39, 0.29) is 6.54 Å². The van der Waals surface area contributed by atoms with Crippen LogP contribution in [0.4, 0.5) is 11.4 Å². The lowest BCUT2D eigenvalue weighted by Gasteiger charge is -2.20. The molecule has 1 fully saturated rings. The molecule has 0 unspecified atom stereocenters. The van der Waals surface area contributed by atoms with E-state index in [9.17, 15) is 14.4 Å². The Morgan fingerprint density at radius 1 is 1.17 bits per heavy atom. The van der Waals surface area contributed by atoms with Crippen molar-refractivity contribution in [3.8, 4) is 5.75 Å². The fourth-order valence-corrected chi connectivity index (χ4v) is 3.46. The second kappa shape index (κ2) is 7.51. The van der Waals surface area contributed by atoms with Crippen molar-refractivity contribution >= 4 is 40.7 Å². The lowest BCUT2D eigenvalue weighted by molar-refractivity contribution is -0.123. The highest BCUT2D eigenvalue weighted by molar-refractivity contribution is 6.31. The van der Waals surface area contributed by atoms with Crippen molar-refractivity contribution in [2.24, 2.45) is 10.3 Å². The van der Waals surface area contributed by atoms with E-state index in [1.54, 1.807) is 42.5 Å². The first-order valence-electron chi connectivity index (χ1n) is 8.72. The first-order valence-corrected chi connectivity index (χ1v) is 9.10. The molecule has 148 valence electrons. The van der Waals surface area contributed by atoms with Crippen LogP contribution in [-0.2, 0) is 14.4 Å². The van der Waals surface area contributed by atoms with Gasteiger partial charge >= 0.3 is 0 Å². The molecule has 0 aliphatic carbocycles. The molecule has 1 N–H and O–H groups in total. The van der Waals surface area contributed by atoms with Gasteiger partial charge in [-0.2, -0.15) is 5.11 Å². The Balaban J connectivity index is 1.48. The number of hydrogen-bond donors (Lipinski definition) is 1. The van der Waals surface area contributed by atoms with Crippen LogP contribution in [0.5, 0.6) is 5.75 Å². The third-order valence-corrected chi connectivity index (χ3v) is 4.82. The number of carbonyl (C=O) groups is 3. The van der Waals surface area contributed by atoms with Crippen molar-refractivity contribution in [2.75, 3.05) is 23.9 Å². The summed E-state index contributed by atoms with van der Waals surface area (Å²) in [5.41, 5.74) is 0.897. The van der Waals surface area contributed by atoms with Crippen molar-refractivity contribution < 1.29 is 19.1 Å². The smallest absolute Gasteiger partial charge is 0.263 e. The number of carbonyl (C=O) groups excluding carboxylic acids is 3. The number of benzene rings is 2. The SMILES string of the molecule is COc1cccc(NC(=O)CN2N=N[C@H]3C(=O)N(c4cccc(Cl)c4)C(=O)[C@@H]32)c1. The highest BCUT2D eigenvalue weighted by Crippen LogP contribution is 2.32. The van der Waals surface area contributed by atoms with Crippen LogP contribution in [0.25, 0.3) is 0 Å². The molecule has 9 nitrogen and oxygen atoms in total. The number of imide groups is 1. The van der Waals surface area contributed by atoms with Crippen molar-refractivity contribution in [2.45, 2.75) is 12.1 Å². The van der Waals surface area contributed by atoms with Gasteiger partial charge in [0.15, 0.2) is 12.1 Å². The van der Waals surface area contributed by atoms with Crippen LogP contribution in [0, 0.1) is 0 Å². The topological polar surface area (TPSA) is 104 Å². The molecule has 0 radical (unpaired) electrons. The van der Waals surface area contributed by atoms with E-state index in [4.69, 9.17) is 16.3 Å². The summed E-state index contributed by atoms with van der Waals surface area (Å²) in [4.78, 5) is 39.0. The normalized spacial score (nSPS) is 20.2. The number of halogens is 1. The highest BCUT2D eigenvalue weighted by Gasteiger charge is 2.55. The molecule has 2 aromatic rings. The zero-order chi connectivity index (χ0) is 20.5. The molecule has 0 spiro atoms. The van der Waals surface area contributed by atoms with E-state index in [2.05, 4.69) is 15.7 Å². The van der Waals surface area contributed by atoms with Gasteiger partial charge in [-0.15, -0.1) is 0 Å². The number of nitrogens with zero attached hydrogens (tertiary/aromatic N) is 4. The average Bonchev–Trinajstić information content (AvgIpc) is 3.21. The predicted molar refractivity (Wildman–Crippen MR) is 105 cm³/mol. The largest absolute Gasteiger partial charge is 0.497 e. The summed E-state index contributed by atoms with van der Waals surface area (Å²) in [7, 11) is 1.53. The molecule has 3 amide bonds. The Kier molecular flexibility index (Phi) is 4.89. The van der Waals surface area contributed by atoms with Gasteiger partial charge in [0.05, 0.1) is 12.8 Å². The minimum Gasteiger partial charge on any atom is -0.497 e. The van der Waals surface area contributed by atoms with E-state index in [0.717, 1.165) is 4.90 Å². The maximum absolute atomic E-state index is 12.9. The molecule has 2 aromatic carbocycles. The Hall–Kier alpha value is -3.46. The zero-order valence-electron chi connectivity index (χ0n) is 15.3. The number of rotatable bonds is 5. The van der Waals surface area contributed by atoms with Gasteiger partial charge in [-0.25, -0.2) is 4.90 Å². The van der Waals surface area contributed by atoms with E-state index in [0.29, 0.717) is 22.1 Å². The lowest BCUT2D eigenvalue weighted by Crippen LogP contribution is -2.43. The van der Waals surface area contributed by atoms with Gasteiger partial charge in [0.2, 0.25) is 5.91 Å². The predicted octanol–water partition coefficient (Wildman–Crippen LogP) is 2.28. The van der Waals surface area contributed by atoms with Crippen molar-refractivity contribution in [3.05, 3.63) is 53.6 Å². The third kappa shape index (κ3) is 3.52. The molecule has 10 heteroatoms. The number of hydrogen-bond acceptors (Lipinski definition) is 7. The molecule has 0 aromatic heterocycles.